The Morgan fingerprint density at radius 3 is 2.17 bits per heavy atom. The average molecular weight is 192 g/mol. The minimum atomic E-state index is 0.312. The molecule has 0 rings (SSSR count). The van der Waals surface area contributed by atoms with E-state index in [9.17, 15) is 0 Å². The van der Waals surface area contributed by atoms with E-state index < -0.39 is 0 Å². The standard InChI is InChI=1S/C10H22ClN/c1-4-7-12-8-10(11)9(5-2)6-3/h9-10,12H,4-8H2,1-3H3. The van der Waals surface area contributed by atoms with Crippen molar-refractivity contribution >= 4 is 11.6 Å². The van der Waals surface area contributed by atoms with Crippen molar-refractivity contribution in [2.45, 2.75) is 45.4 Å². The van der Waals surface area contributed by atoms with E-state index in [0.29, 0.717) is 11.3 Å². The maximum Gasteiger partial charge on any atom is 0.0488 e. The van der Waals surface area contributed by atoms with E-state index in [1.54, 1.807) is 0 Å². The first-order valence-electron chi connectivity index (χ1n) is 5.10. The largest absolute Gasteiger partial charge is 0.315 e. The minimum Gasteiger partial charge on any atom is -0.315 e. The Kier molecular flexibility index (Phi) is 8.04. The highest BCUT2D eigenvalue weighted by molar-refractivity contribution is 6.21. The SMILES string of the molecule is CCCNCC(Cl)C(CC)CC. The summed E-state index contributed by atoms with van der Waals surface area (Å²) in [5.74, 6) is 0.677. The molecule has 0 aromatic carbocycles. The van der Waals surface area contributed by atoms with Crippen molar-refractivity contribution in [3.63, 3.8) is 0 Å². The molecule has 0 bridgehead atoms. The van der Waals surface area contributed by atoms with Gasteiger partial charge in [-0.1, -0.05) is 33.6 Å². The molecule has 2 heteroatoms. The smallest absolute Gasteiger partial charge is 0.0488 e. The van der Waals surface area contributed by atoms with Crippen LogP contribution in [-0.4, -0.2) is 18.5 Å². The highest BCUT2D eigenvalue weighted by Crippen LogP contribution is 2.17. The highest BCUT2D eigenvalue weighted by Gasteiger charge is 2.14. The molecule has 1 N–H and O–H groups in total. The quantitative estimate of drug-likeness (QED) is 0.482. The van der Waals surface area contributed by atoms with E-state index in [1.807, 2.05) is 0 Å². The van der Waals surface area contributed by atoms with Crippen molar-refractivity contribution < 1.29 is 0 Å². The first kappa shape index (κ1) is 12.2. The summed E-state index contributed by atoms with van der Waals surface area (Å²) in [6, 6.07) is 0. The normalized spacial score (nSPS) is 13.8. The number of rotatable bonds is 7. The zero-order chi connectivity index (χ0) is 9.40. The van der Waals surface area contributed by atoms with Crippen molar-refractivity contribution in [2.75, 3.05) is 13.1 Å². The molecule has 0 aromatic rings. The molecule has 1 unspecified atom stereocenters. The molecule has 0 aromatic heterocycles. The van der Waals surface area contributed by atoms with Gasteiger partial charge in [-0.2, -0.15) is 0 Å². The highest BCUT2D eigenvalue weighted by atomic mass is 35.5. The summed E-state index contributed by atoms with van der Waals surface area (Å²) in [5, 5.41) is 3.66. The number of hydrogen-bond donors (Lipinski definition) is 1. The van der Waals surface area contributed by atoms with Gasteiger partial charge in [0.15, 0.2) is 0 Å². The Morgan fingerprint density at radius 2 is 1.75 bits per heavy atom. The fourth-order valence-electron chi connectivity index (χ4n) is 1.38. The average Bonchev–Trinajstić information content (AvgIpc) is 2.07. The van der Waals surface area contributed by atoms with E-state index >= 15 is 0 Å². The summed E-state index contributed by atoms with van der Waals surface area (Å²) in [5.41, 5.74) is 0. The minimum absolute atomic E-state index is 0.312. The molecule has 0 aliphatic rings. The van der Waals surface area contributed by atoms with Crippen LogP contribution in [0.2, 0.25) is 0 Å². The first-order chi connectivity index (χ1) is 5.76. The summed E-state index contributed by atoms with van der Waals surface area (Å²) in [7, 11) is 0. The Balaban J connectivity index is 3.47. The van der Waals surface area contributed by atoms with Gasteiger partial charge in [-0.25, -0.2) is 0 Å². The number of halogens is 1. The molecule has 0 amide bonds. The zero-order valence-electron chi connectivity index (χ0n) is 8.57. The summed E-state index contributed by atoms with van der Waals surface area (Å²) < 4.78 is 0. The van der Waals surface area contributed by atoms with Gasteiger partial charge in [-0.05, 0) is 18.9 Å². The van der Waals surface area contributed by atoms with E-state index in [1.165, 1.54) is 19.3 Å². The van der Waals surface area contributed by atoms with Crippen LogP contribution in [0.25, 0.3) is 0 Å². The Morgan fingerprint density at radius 1 is 1.17 bits per heavy atom. The van der Waals surface area contributed by atoms with Gasteiger partial charge in [0.2, 0.25) is 0 Å². The van der Waals surface area contributed by atoms with Crippen LogP contribution in [0.3, 0.4) is 0 Å². The summed E-state index contributed by atoms with van der Waals surface area (Å²) in [4.78, 5) is 0. The summed E-state index contributed by atoms with van der Waals surface area (Å²) in [6.45, 7) is 8.64. The molecule has 1 atom stereocenters. The van der Waals surface area contributed by atoms with E-state index in [4.69, 9.17) is 11.6 Å². The van der Waals surface area contributed by atoms with Crippen LogP contribution >= 0.6 is 11.6 Å². The second kappa shape index (κ2) is 7.88. The molecular weight excluding hydrogens is 170 g/mol. The van der Waals surface area contributed by atoms with Crippen LogP contribution in [0.4, 0.5) is 0 Å². The predicted molar refractivity (Wildman–Crippen MR) is 56.9 cm³/mol. The van der Waals surface area contributed by atoms with Gasteiger partial charge in [0.05, 0.1) is 0 Å². The molecular formula is C10H22ClN. The van der Waals surface area contributed by atoms with Crippen LogP contribution < -0.4 is 5.32 Å². The van der Waals surface area contributed by atoms with Gasteiger partial charge in [0.1, 0.15) is 0 Å². The molecule has 0 saturated heterocycles. The van der Waals surface area contributed by atoms with Gasteiger partial charge >= 0.3 is 0 Å². The Hall–Kier alpha value is 0.250. The molecule has 0 aliphatic heterocycles. The molecule has 0 aliphatic carbocycles. The molecule has 12 heavy (non-hydrogen) atoms. The van der Waals surface area contributed by atoms with E-state index in [0.717, 1.165) is 13.1 Å². The molecule has 0 saturated carbocycles. The summed E-state index contributed by atoms with van der Waals surface area (Å²) in [6.07, 6.45) is 3.57. The maximum absolute atomic E-state index is 6.22. The Labute approximate surface area is 81.9 Å². The molecule has 74 valence electrons. The van der Waals surface area contributed by atoms with Crippen LogP contribution in [-0.2, 0) is 0 Å². The molecule has 0 radical (unpaired) electrons. The van der Waals surface area contributed by atoms with Gasteiger partial charge in [0.25, 0.3) is 0 Å². The molecule has 0 spiro atoms. The zero-order valence-corrected chi connectivity index (χ0v) is 9.32. The second-order valence-corrected chi connectivity index (χ2v) is 3.86. The van der Waals surface area contributed by atoms with E-state index in [2.05, 4.69) is 26.1 Å². The second-order valence-electron chi connectivity index (χ2n) is 3.30. The van der Waals surface area contributed by atoms with Gasteiger partial charge in [-0.15, -0.1) is 11.6 Å². The lowest BCUT2D eigenvalue weighted by atomic mass is 9.99. The molecule has 0 fully saturated rings. The predicted octanol–water partition coefficient (Wildman–Crippen LogP) is 3.03. The van der Waals surface area contributed by atoms with Crippen molar-refractivity contribution in [3.05, 3.63) is 0 Å². The molecule has 0 heterocycles. The maximum atomic E-state index is 6.22. The van der Waals surface area contributed by atoms with Crippen molar-refractivity contribution in [3.8, 4) is 0 Å². The van der Waals surface area contributed by atoms with Crippen molar-refractivity contribution in [2.24, 2.45) is 5.92 Å². The van der Waals surface area contributed by atoms with Crippen LogP contribution in [0.5, 0.6) is 0 Å². The lowest BCUT2D eigenvalue weighted by molar-refractivity contribution is 0.446. The third-order valence-electron chi connectivity index (χ3n) is 2.33. The Bertz CT molecular complexity index is 91.8. The third-order valence-corrected chi connectivity index (χ3v) is 2.84. The lowest BCUT2D eigenvalue weighted by Gasteiger charge is -2.19. The third kappa shape index (κ3) is 5.00. The number of hydrogen-bond acceptors (Lipinski definition) is 1. The van der Waals surface area contributed by atoms with Gasteiger partial charge < -0.3 is 5.32 Å². The van der Waals surface area contributed by atoms with Gasteiger partial charge in [-0.3, -0.25) is 0 Å². The van der Waals surface area contributed by atoms with Crippen LogP contribution in [0.1, 0.15) is 40.0 Å². The monoisotopic (exact) mass is 191 g/mol. The number of alkyl halides is 1. The van der Waals surface area contributed by atoms with Crippen LogP contribution in [0, 0.1) is 5.92 Å². The van der Waals surface area contributed by atoms with Crippen molar-refractivity contribution in [1.82, 2.24) is 5.32 Å². The number of nitrogens with one attached hydrogen (secondary N) is 1. The molecule has 1 nitrogen and oxygen atoms in total. The first-order valence-corrected chi connectivity index (χ1v) is 5.54. The summed E-state index contributed by atoms with van der Waals surface area (Å²) >= 11 is 6.22. The van der Waals surface area contributed by atoms with Crippen molar-refractivity contribution in [1.29, 1.82) is 0 Å². The fourth-order valence-corrected chi connectivity index (χ4v) is 1.85. The fraction of sp³-hybridized carbons (Fsp3) is 1.00. The van der Waals surface area contributed by atoms with Crippen LogP contribution in [0.15, 0.2) is 0 Å². The lowest BCUT2D eigenvalue weighted by Crippen LogP contribution is -2.29. The van der Waals surface area contributed by atoms with Gasteiger partial charge in [0, 0.05) is 11.9 Å². The topological polar surface area (TPSA) is 12.0 Å². The van der Waals surface area contributed by atoms with E-state index in [-0.39, 0.29) is 0 Å².